The smallest absolute Gasteiger partial charge is 0.326 e. The minimum Gasteiger partial charge on any atom is -0.480 e. The first-order valence-electron chi connectivity index (χ1n) is 7.41. The Bertz CT molecular complexity index is 547. The Morgan fingerprint density at radius 3 is 2.38 bits per heavy atom. The first-order valence-corrected chi connectivity index (χ1v) is 7.41. The molecule has 0 bridgehead atoms. The van der Waals surface area contributed by atoms with Crippen LogP contribution in [0.2, 0.25) is 0 Å². The van der Waals surface area contributed by atoms with E-state index in [9.17, 15) is 14.7 Å². The Morgan fingerprint density at radius 2 is 1.81 bits per heavy atom. The second-order valence-electron chi connectivity index (χ2n) is 6.08. The van der Waals surface area contributed by atoms with Crippen LogP contribution in [0.15, 0.2) is 24.3 Å². The number of amides is 2. The van der Waals surface area contributed by atoms with E-state index in [-0.39, 0.29) is 6.03 Å². The van der Waals surface area contributed by atoms with E-state index in [1.165, 1.54) is 4.90 Å². The van der Waals surface area contributed by atoms with E-state index in [0.29, 0.717) is 32.0 Å². The van der Waals surface area contributed by atoms with Crippen LogP contribution in [0.4, 0.5) is 4.79 Å². The van der Waals surface area contributed by atoms with E-state index >= 15 is 0 Å². The van der Waals surface area contributed by atoms with Gasteiger partial charge in [-0.3, -0.25) is 0 Å². The van der Waals surface area contributed by atoms with Crippen molar-refractivity contribution >= 4 is 12.0 Å². The number of fused-ring (bicyclic) bond motifs is 1. The van der Waals surface area contributed by atoms with Gasteiger partial charge in [0, 0.05) is 19.6 Å². The number of aliphatic carboxylic acids is 1. The molecule has 0 spiro atoms. The number of carbonyl (C=O) groups is 2. The van der Waals surface area contributed by atoms with Crippen LogP contribution in [0.3, 0.4) is 0 Å². The minimum atomic E-state index is -0.897. The summed E-state index contributed by atoms with van der Waals surface area (Å²) in [5.74, 6) is -0.544. The third kappa shape index (κ3) is 2.60. The molecule has 5 heteroatoms. The molecular weight excluding hydrogens is 268 g/mol. The van der Waals surface area contributed by atoms with Gasteiger partial charge < -0.3 is 14.9 Å². The Balaban J connectivity index is 1.75. The number of piperidine rings is 1. The molecule has 2 unspecified atom stereocenters. The molecule has 1 aromatic rings. The predicted octanol–water partition coefficient (Wildman–Crippen LogP) is 2.31. The van der Waals surface area contributed by atoms with Gasteiger partial charge in [0.15, 0.2) is 0 Å². The first-order chi connectivity index (χ1) is 10.1. The zero-order valence-corrected chi connectivity index (χ0v) is 12.2. The maximum absolute atomic E-state index is 12.7. The molecule has 1 saturated heterocycles. The molecule has 2 amide bonds. The normalized spacial score (nSPS) is 24.8. The van der Waals surface area contributed by atoms with Gasteiger partial charge in [-0.25, -0.2) is 9.59 Å². The molecule has 2 heterocycles. The fourth-order valence-corrected chi connectivity index (χ4v) is 3.25. The zero-order valence-electron chi connectivity index (χ0n) is 12.2. The molecule has 2 aliphatic heterocycles. The monoisotopic (exact) mass is 288 g/mol. The molecule has 2 atom stereocenters. The van der Waals surface area contributed by atoms with Gasteiger partial charge in [-0.1, -0.05) is 31.2 Å². The third-order valence-electron chi connectivity index (χ3n) is 4.51. The van der Waals surface area contributed by atoms with Crippen molar-refractivity contribution in [1.82, 2.24) is 9.80 Å². The summed E-state index contributed by atoms with van der Waals surface area (Å²) in [4.78, 5) is 27.4. The molecule has 0 radical (unpaired) electrons. The predicted molar refractivity (Wildman–Crippen MR) is 77.6 cm³/mol. The van der Waals surface area contributed by atoms with E-state index in [2.05, 4.69) is 0 Å². The summed E-state index contributed by atoms with van der Waals surface area (Å²) in [7, 11) is 0. The highest BCUT2D eigenvalue weighted by atomic mass is 16.4. The van der Waals surface area contributed by atoms with E-state index in [1.54, 1.807) is 4.90 Å². The van der Waals surface area contributed by atoms with Crippen LogP contribution in [0.5, 0.6) is 0 Å². The lowest BCUT2D eigenvalue weighted by Crippen LogP contribution is -2.53. The summed E-state index contributed by atoms with van der Waals surface area (Å²) >= 11 is 0. The molecule has 112 valence electrons. The lowest BCUT2D eigenvalue weighted by molar-refractivity contribution is -0.144. The van der Waals surface area contributed by atoms with Crippen LogP contribution < -0.4 is 0 Å². The molecule has 1 fully saturated rings. The van der Waals surface area contributed by atoms with Crippen molar-refractivity contribution in [1.29, 1.82) is 0 Å². The summed E-state index contributed by atoms with van der Waals surface area (Å²) < 4.78 is 0. The number of carbonyl (C=O) groups excluding carboxylic acids is 1. The number of rotatable bonds is 1. The molecule has 1 aromatic carbocycles. The van der Waals surface area contributed by atoms with Gasteiger partial charge in [-0.15, -0.1) is 0 Å². The van der Waals surface area contributed by atoms with Gasteiger partial charge in [0.25, 0.3) is 0 Å². The van der Waals surface area contributed by atoms with Gasteiger partial charge in [0.2, 0.25) is 0 Å². The van der Waals surface area contributed by atoms with Gasteiger partial charge in [0.05, 0.1) is 0 Å². The number of likely N-dealkylation sites (tertiary alicyclic amines) is 1. The van der Waals surface area contributed by atoms with Crippen molar-refractivity contribution in [2.45, 2.75) is 38.9 Å². The Kier molecular flexibility index (Phi) is 3.57. The Hall–Kier alpha value is -2.04. The topological polar surface area (TPSA) is 60.9 Å². The van der Waals surface area contributed by atoms with Crippen LogP contribution >= 0.6 is 0 Å². The summed E-state index contributed by atoms with van der Waals surface area (Å²) in [5, 5.41) is 9.38. The highest BCUT2D eigenvalue weighted by molar-refractivity contribution is 5.83. The highest BCUT2D eigenvalue weighted by Gasteiger charge is 2.37. The van der Waals surface area contributed by atoms with Gasteiger partial charge in [0.1, 0.15) is 6.04 Å². The molecule has 3 rings (SSSR count). The number of carboxylic acids is 1. The van der Waals surface area contributed by atoms with E-state index < -0.39 is 12.0 Å². The van der Waals surface area contributed by atoms with Crippen molar-refractivity contribution in [3.8, 4) is 0 Å². The maximum atomic E-state index is 12.7. The Morgan fingerprint density at radius 1 is 1.19 bits per heavy atom. The first kappa shape index (κ1) is 13.9. The van der Waals surface area contributed by atoms with Crippen molar-refractivity contribution in [3.63, 3.8) is 0 Å². The number of benzene rings is 1. The molecule has 0 aliphatic carbocycles. The summed E-state index contributed by atoms with van der Waals surface area (Å²) in [6.45, 7) is 3.73. The quantitative estimate of drug-likeness (QED) is 0.862. The standard InChI is InChI=1S/C16H20N2O3/c1-11-6-7-18(14(8-11)15(19)20)16(21)17-9-12-4-2-3-5-13(12)10-17/h2-5,11,14H,6-10H2,1H3,(H,19,20). The molecule has 5 nitrogen and oxygen atoms in total. The van der Waals surface area contributed by atoms with Crippen molar-refractivity contribution in [2.24, 2.45) is 5.92 Å². The number of urea groups is 1. The molecular formula is C16H20N2O3. The largest absolute Gasteiger partial charge is 0.480 e. The van der Waals surface area contributed by atoms with E-state index in [4.69, 9.17) is 0 Å². The van der Waals surface area contributed by atoms with Crippen LogP contribution in [0.25, 0.3) is 0 Å². The third-order valence-corrected chi connectivity index (χ3v) is 4.51. The van der Waals surface area contributed by atoms with Crippen LogP contribution in [0, 0.1) is 5.92 Å². The van der Waals surface area contributed by atoms with Gasteiger partial charge >= 0.3 is 12.0 Å². The summed E-state index contributed by atoms with van der Waals surface area (Å²) in [6, 6.07) is 7.14. The van der Waals surface area contributed by atoms with Gasteiger partial charge in [-0.2, -0.15) is 0 Å². The molecule has 2 aliphatic rings. The van der Waals surface area contributed by atoms with Crippen molar-refractivity contribution < 1.29 is 14.7 Å². The van der Waals surface area contributed by atoms with E-state index in [0.717, 1.165) is 17.5 Å². The van der Waals surface area contributed by atoms with E-state index in [1.807, 2.05) is 31.2 Å². The molecule has 21 heavy (non-hydrogen) atoms. The molecule has 0 aromatic heterocycles. The second kappa shape index (κ2) is 5.39. The lowest BCUT2D eigenvalue weighted by atomic mass is 9.93. The van der Waals surface area contributed by atoms with Crippen LogP contribution in [-0.4, -0.2) is 39.5 Å². The van der Waals surface area contributed by atoms with Gasteiger partial charge in [-0.05, 0) is 29.9 Å². The van der Waals surface area contributed by atoms with Crippen molar-refractivity contribution in [3.05, 3.63) is 35.4 Å². The van der Waals surface area contributed by atoms with Crippen LogP contribution in [-0.2, 0) is 17.9 Å². The summed E-state index contributed by atoms with van der Waals surface area (Å²) in [5.41, 5.74) is 2.31. The highest BCUT2D eigenvalue weighted by Crippen LogP contribution is 2.28. The second-order valence-corrected chi connectivity index (χ2v) is 6.08. The number of nitrogens with zero attached hydrogens (tertiary/aromatic N) is 2. The fraction of sp³-hybridized carbons (Fsp3) is 0.500. The number of hydrogen-bond donors (Lipinski definition) is 1. The fourth-order valence-electron chi connectivity index (χ4n) is 3.25. The summed E-state index contributed by atoms with van der Waals surface area (Å²) in [6.07, 6.45) is 1.41. The van der Waals surface area contributed by atoms with Crippen molar-refractivity contribution in [2.75, 3.05) is 6.54 Å². The molecule has 0 saturated carbocycles. The minimum absolute atomic E-state index is 0.148. The zero-order chi connectivity index (χ0) is 15.0. The molecule has 1 N–H and O–H groups in total. The lowest BCUT2D eigenvalue weighted by Gasteiger charge is -2.38. The Labute approximate surface area is 124 Å². The number of hydrogen-bond acceptors (Lipinski definition) is 2. The van der Waals surface area contributed by atoms with Crippen LogP contribution in [0.1, 0.15) is 30.9 Å². The average molecular weight is 288 g/mol. The maximum Gasteiger partial charge on any atom is 0.326 e. The SMILES string of the molecule is CC1CCN(C(=O)N2Cc3ccccc3C2)C(C(=O)O)C1. The average Bonchev–Trinajstić information content (AvgIpc) is 2.90. The number of carboxylic acid groups (broad SMARTS) is 1.